The molecular weight excluding hydrogens is 344 g/mol. The van der Waals surface area contributed by atoms with E-state index in [0.29, 0.717) is 5.75 Å². The predicted molar refractivity (Wildman–Crippen MR) is 91.3 cm³/mol. The van der Waals surface area contributed by atoms with E-state index >= 15 is 0 Å². The van der Waals surface area contributed by atoms with Crippen molar-refractivity contribution in [3.63, 3.8) is 0 Å². The van der Waals surface area contributed by atoms with Gasteiger partial charge in [-0.3, -0.25) is 4.79 Å². The molecule has 0 unspecified atom stereocenters. The third kappa shape index (κ3) is 5.00. The number of rotatable bonds is 5. The molecule has 2 aromatic rings. The van der Waals surface area contributed by atoms with Crippen LogP contribution in [0.25, 0.3) is 0 Å². The van der Waals surface area contributed by atoms with E-state index in [1.165, 1.54) is 5.56 Å². The van der Waals surface area contributed by atoms with Crippen LogP contribution in [0.5, 0.6) is 5.75 Å². The van der Waals surface area contributed by atoms with Gasteiger partial charge in [-0.2, -0.15) is 5.10 Å². The fourth-order valence-electron chi connectivity index (χ4n) is 1.88. The quantitative estimate of drug-likeness (QED) is 0.654. The van der Waals surface area contributed by atoms with E-state index in [9.17, 15) is 4.79 Å². The van der Waals surface area contributed by atoms with E-state index in [2.05, 4.69) is 32.5 Å². The summed E-state index contributed by atoms with van der Waals surface area (Å²) in [6.45, 7) is 3.96. The topological polar surface area (TPSA) is 50.7 Å². The lowest BCUT2D eigenvalue weighted by atomic mass is 10.1. The van der Waals surface area contributed by atoms with E-state index in [1.54, 1.807) is 18.3 Å². The maximum atomic E-state index is 11.7. The standard InChI is InChI=1S/C17H17BrN2O2/c1-12-6-7-14(13(2)8-12)10-19-20-17(21)11-22-16-5-3-4-15(18)9-16/h3-10H,11H2,1-2H3,(H,20,21)/b19-10-. The molecule has 0 fully saturated rings. The third-order valence-electron chi connectivity index (χ3n) is 2.98. The zero-order valence-electron chi connectivity index (χ0n) is 12.5. The molecule has 4 nitrogen and oxygen atoms in total. The first-order valence-corrected chi connectivity index (χ1v) is 7.61. The SMILES string of the molecule is Cc1ccc(/C=N\NC(=O)COc2cccc(Br)c2)c(C)c1. The smallest absolute Gasteiger partial charge is 0.277 e. The lowest BCUT2D eigenvalue weighted by Gasteiger charge is -2.05. The van der Waals surface area contributed by atoms with Crippen LogP contribution >= 0.6 is 15.9 Å². The Morgan fingerprint density at radius 2 is 2.09 bits per heavy atom. The molecule has 0 spiro atoms. The average Bonchev–Trinajstić information content (AvgIpc) is 2.47. The number of carbonyl (C=O) groups excluding carboxylic acids is 1. The van der Waals surface area contributed by atoms with Crippen molar-refractivity contribution in [1.29, 1.82) is 0 Å². The van der Waals surface area contributed by atoms with Crippen molar-refractivity contribution in [3.05, 3.63) is 63.6 Å². The fraction of sp³-hybridized carbons (Fsp3) is 0.176. The number of ether oxygens (including phenoxy) is 1. The fourth-order valence-corrected chi connectivity index (χ4v) is 2.26. The number of hydrogen-bond donors (Lipinski definition) is 1. The number of hydrazone groups is 1. The number of nitrogens with one attached hydrogen (secondary N) is 1. The van der Waals surface area contributed by atoms with Crippen LogP contribution in [0.3, 0.4) is 0 Å². The Kier molecular flexibility index (Phi) is 5.72. The molecule has 2 rings (SSSR count). The molecule has 0 saturated carbocycles. The van der Waals surface area contributed by atoms with Gasteiger partial charge in [0.1, 0.15) is 5.75 Å². The molecule has 114 valence electrons. The molecule has 2 aromatic carbocycles. The second-order valence-electron chi connectivity index (χ2n) is 4.90. The molecule has 0 saturated heterocycles. The Hall–Kier alpha value is -2.14. The summed E-state index contributed by atoms with van der Waals surface area (Å²) in [5, 5.41) is 3.95. The Morgan fingerprint density at radius 1 is 1.27 bits per heavy atom. The molecule has 22 heavy (non-hydrogen) atoms. The summed E-state index contributed by atoms with van der Waals surface area (Å²) in [6.07, 6.45) is 1.63. The van der Waals surface area contributed by atoms with Crippen LogP contribution in [0.15, 0.2) is 52.0 Å². The van der Waals surface area contributed by atoms with Crippen molar-refractivity contribution in [2.24, 2.45) is 5.10 Å². The van der Waals surface area contributed by atoms with Gasteiger partial charge < -0.3 is 4.74 Å². The van der Waals surface area contributed by atoms with Crippen LogP contribution in [0.1, 0.15) is 16.7 Å². The monoisotopic (exact) mass is 360 g/mol. The van der Waals surface area contributed by atoms with Crippen LogP contribution in [-0.2, 0) is 4.79 Å². The molecule has 0 aromatic heterocycles. The number of amides is 1. The summed E-state index contributed by atoms with van der Waals surface area (Å²) in [5.41, 5.74) is 5.73. The lowest BCUT2D eigenvalue weighted by molar-refractivity contribution is -0.123. The zero-order chi connectivity index (χ0) is 15.9. The number of benzene rings is 2. The van der Waals surface area contributed by atoms with Crippen LogP contribution in [0.2, 0.25) is 0 Å². The number of hydrogen-bond acceptors (Lipinski definition) is 3. The predicted octanol–water partition coefficient (Wildman–Crippen LogP) is 3.60. The van der Waals surface area contributed by atoms with Gasteiger partial charge in [0.2, 0.25) is 0 Å². The Labute approximate surface area is 138 Å². The largest absolute Gasteiger partial charge is 0.484 e. The maximum absolute atomic E-state index is 11.7. The van der Waals surface area contributed by atoms with Crippen molar-refractivity contribution in [2.75, 3.05) is 6.61 Å². The van der Waals surface area contributed by atoms with E-state index in [0.717, 1.165) is 15.6 Å². The number of aryl methyl sites for hydroxylation is 2. The van der Waals surface area contributed by atoms with Gasteiger partial charge in [-0.05, 0) is 43.2 Å². The van der Waals surface area contributed by atoms with Gasteiger partial charge in [0.25, 0.3) is 5.91 Å². The van der Waals surface area contributed by atoms with Crippen molar-refractivity contribution in [1.82, 2.24) is 5.43 Å². The van der Waals surface area contributed by atoms with E-state index in [1.807, 2.05) is 38.1 Å². The van der Waals surface area contributed by atoms with Gasteiger partial charge in [-0.25, -0.2) is 5.43 Å². The second-order valence-corrected chi connectivity index (χ2v) is 5.81. The molecule has 1 N–H and O–H groups in total. The van der Waals surface area contributed by atoms with Crippen molar-refractivity contribution >= 4 is 28.1 Å². The first-order valence-electron chi connectivity index (χ1n) is 6.82. The second kappa shape index (κ2) is 7.75. The van der Waals surface area contributed by atoms with Crippen molar-refractivity contribution in [2.45, 2.75) is 13.8 Å². The first-order chi connectivity index (χ1) is 10.5. The van der Waals surface area contributed by atoms with Crippen molar-refractivity contribution < 1.29 is 9.53 Å². The highest BCUT2D eigenvalue weighted by atomic mass is 79.9. The van der Waals surface area contributed by atoms with Gasteiger partial charge >= 0.3 is 0 Å². The van der Waals surface area contributed by atoms with Crippen molar-refractivity contribution in [3.8, 4) is 5.75 Å². The van der Waals surface area contributed by atoms with E-state index in [-0.39, 0.29) is 12.5 Å². The highest BCUT2D eigenvalue weighted by molar-refractivity contribution is 9.10. The molecule has 0 aliphatic rings. The Bertz CT molecular complexity index is 699. The molecular formula is C17H17BrN2O2. The number of carbonyl (C=O) groups is 1. The van der Waals surface area contributed by atoms with Gasteiger partial charge in [0.15, 0.2) is 6.61 Å². The highest BCUT2D eigenvalue weighted by Gasteiger charge is 2.02. The van der Waals surface area contributed by atoms with Gasteiger partial charge in [0.05, 0.1) is 6.21 Å². The maximum Gasteiger partial charge on any atom is 0.277 e. The van der Waals surface area contributed by atoms with E-state index in [4.69, 9.17) is 4.74 Å². The molecule has 0 aliphatic carbocycles. The molecule has 1 amide bonds. The third-order valence-corrected chi connectivity index (χ3v) is 3.48. The first kappa shape index (κ1) is 16.2. The van der Waals surface area contributed by atoms with Crippen LogP contribution in [0, 0.1) is 13.8 Å². The van der Waals surface area contributed by atoms with Gasteiger partial charge in [0, 0.05) is 4.47 Å². The highest BCUT2D eigenvalue weighted by Crippen LogP contribution is 2.17. The van der Waals surface area contributed by atoms with Gasteiger partial charge in [-0.1, -0.05) is 45.8 Å². The summed E-state index contributed by atoms with van der Waals surface area (Å²) in [4.78, 5) is 11.7. The molecule has 0 radical (unpaired) electrons. The summed E-state index contributed by atoms with van der Waals surface area (Å²) in [7, 11) is 0. The summed E-state index contributed by atoms with van der Waals surface area (Å²) in [5.74, 6) is 0.323. The number of halogens is 1. The Morgan fingerprint density at radius 3 is 2.82 bits per heavy atom. The van der Waals surface area contributed by atoms with Crippen LogP contribution in [0.4, 0.5) is 0 Å². The number of nitrogens with zero attached hydrogens (tertiary/aromatic N) is 1. The summed E-state index contributed by atoms with van der Waals surface area (Å²) in [6, 6.07) is 13.4. The molecule has 0 heterocycles. The molecule has 0 bridgehead atoms. The summed E-state index contributed by atoms with van der Waals surface area (Å²) >= 11 is 3.34. The van der Waals surface area contributed by atoms with Crippen LogP contribution < -0.4 is 10.2 Å². The van der Waals surface area contributed by atoms with Gasteiger partial charge in [-0.15, -0.1) is 0 Å². The summed E-state index contributed by atoms with van der Waals surface area (Å²) < 4.78 is 6.28. The molecule has 0 atom stereocenters. The average molecular weight is 361 g/mol. The van der Waals surface area contributed by atoms with E-state index < -0.39 is 0 Å². The van der Waals surface area contributed by atoms with Crippen LogP contribution in [-0.4, -0.2) is 18.7 Å². The minimum absolute atomic E-state index is 0.0827. The minimum atomic E-state index is -0.305. The Balaban J connectivity index is 1.83. The lowest BCUT2D eigenvalue weighted by Crippen LogP contribution is -2.24. The normalized spacial score (nSPS) is 10.7. The minimum Gasteiger partial charge on any atom is -0.484 e. The zero-order valence-corrected chi connectivity index (χ0v) is 14.1. The molecule has 5 heteroatoms. The molecule has 0 aliphatic heterocycles.